The topological polar surface area (TPSA) is 104 Å². The highest BCUT2D eigenvalue weighted by Gasteiger charge is 2.26. The lowest BCUT2D eigenvalue weighted by molar-refractivity contribution is -0.130. The quantitative estimate of drug-likeness (QED) is 0.793. The van der Waals surface area contributed by atoms with Crippen molar-refractivity contribution in [1.82, 2.24) is 24.6 Å². The molecule has 0 aliphatic heterocycles. The van der Waals surface area contributed by atoms with E-state index < -0.39 is 11.2 Å². The zero-order valence-corrected chi connectivity index (χ0v) is 12.9. The first-order chi connectivity index (χ1) is 11.0. The average molecular weight is 317 g/mol. The second kappa shape index (κ2) is 6.23. The molecule has 0 radical (unpaired) electrons. The second-order valence-corrected chi connectivity index (χ2v) is 5.90. The molecular formula is C15H19N5O3. The Morgan fingerprint density at radius 3 is 2.91 bits per heavy atom. The van der Waals surface area contributed by atoms with Crippen molar-refractivity contribution in [3.8, 4) is 0 Å². The number of aryl methyl sites for hydroxylation is 1. The smallest absolute Gasteiger partial charge is 0.328 e. The average Bonchev–Trinajstić information content (AvgIpc) is 3.26. The lowest BCUT2D eigenvalue weighted by atomic mass is 10.2. The molecule has 2 aromatic heterocycles. The van der Waals surface area contributed by atoms with E-state index in [1.54, 1.807) is 11.9 Å². The zero-order valence-electron chi connectivity index (χ0n) is 12.9. The van der Waals surface area contributed by atoms with Crippen LogP contribution in [0.1, 0.15) is 36.6 Å². The van der Waals surface area contributed by atoms with Crippen molar-refractivity contribution in [2.45, 2.75) is 38.3 Å². The summed E-state index contributed by atoms with van der Waals surface area (Å²) in [6, 6.07) is 3.27. The van der Waals surface area contributed by atoms with Crippen molar-refractivity contribution in [2.75, 3.05) is 7.05 Å². The maximum absolute atomic E-state index is 12.2. The van der Waals surface area contributed by atoms with Crippen LogP contribution in [0.25, 0.3) is 0 Å². The van der Waals surface area contributed by atoms with Crippen LogP contribution in [0.4, 0.5) is 0 Å². The number of nitrogens with one attached hydrogen (secondary N) is 2. The molecule has 1 aliphatic carbocycles. The summed E-state index contributed by atoms with van der Waals surface area (Å²) in [6.07, 6.45) is 3.96. The van der Waals surface area contributed by atoms with Crippen LogP contribution >= 0.6 is 0 Å². The molecule has 3 rings (SSSR count). The van der Waals surface area contributed by atoms with Crippen LogP contribution in [0, 0.1) is 0 Å². The molecule has 2 heterocycles. The summed E-state index contributed by atoms with van der Waals surface area (Å²) in [5.74, 6) is 0.499. The molecule has 0 saturated heterocycles. The Kier molecular flexibility index (Phi) is 4.14. The number of hydrogen-bond acceptors (Lipinski definition) is 4. The molecule has 0 bridgehead atoms. The number of carbonyl (C=O) groups excluding carboxylic acids is 1. The fraction of sp³-hybridized carbons (Fsp3) is 0.467. The lowest BCUT2D eigenvalue weighted by Gasteiger charge is -2.16. The molecular weight excluding hydrogens is 298 g/mol. The number of amides is 1. The third kappa shape index (κ3) is 3.77. The third-order valence-electron chi connectivity index (χ3n) is 3.94. The summed E-state index contributed by atoms with van der Waals surface area (Å²) in [6.45, 7) is 0.689. The molecule has 0 unspecified atom stereocenters. The number of carbonyl (C=O) groups is 1. The Labute approximate surface area is 132 Å². The number of hydrogen-bond donors (Lipinski definition) is 2. The SMILES string of the molecule is CN(Cc1cc(C2CC2)n[nH]1)C(=O)CCn1ccc(=O)[nH]c1=O. The van der Waals surface area contributed by atoms with Gasteiger partial charge in [0.05, 0.1) is 17.9 Å². The molecule has 1 amide bonds. The Morgan fingerprint density at radius 2 is 2.22 bits per heavy atom. The van der Waals surface area contributed by atoms with Crippen LogP contribution in [0.5, 0.6) is 0 Å². The van der Waals surface area contributed by atoms with Gasteiger partial charge in [0.2, 0.25) is 5.91 Å². The molecule has 2 aromatic rings. The van der Waals surface area contributed by atoms with Gasteiger partial charge >= 0.3 is 5.69 Å². The zero-order chi connectivity index (χ0) is 16.4. The van der Waals surface area contributed by atoms with Crippen LogP contribution in [0.3, 0.4) is 0 Å². The number of nitrogens with zero attached hydrogens (tertiary/aromatic N) is 3. The normalized spacial score (nSPS) is 14.0. The summed E-state index contributed by atoms with van der Waals surface area (Å²) in [7, 11) is 1.72. The molecule has 0 atom stereocenters. The van der Waals surface area contributed by atoms with E-state index in [1.807, 2.05) is 6.07 Å². The monoisotopic (exact) mass is 317 g/mol. The van der Waals surface area contributed by atoms with E-state index >= 15 is 0 Å². The van der Waals surface area contributed by atoms with Gasteiger partial charge in [-0.2, -0.15) is 5.10 Å². The molecule has 1 aliphatic rings. The van der Waals surface area contributed by atoms with Crippen LogP contribution in [0.2, 0.25) is 0 Å². The predicted octanol–water partition coefficient (Wildman–Crippen LogP) is 0.186. The maximum Gasteiger partial charge on any atom is 0.328 e. The van der Waals surface area contributed by atoms with Crippen molar-refractivity contribution < 1.29 is 4.79 Å². The Morgan fingerprint density at radius 1 is 1.43 bits per heavy atom. The molecule has 23 heavy (non-hydrogen) atoms. The van der Waals surface area contributed by atoms with Crippen LogP contribution in [0.15, 0.2) is 27.9 Å². The minimum atomic E-state index is -0.504. The first kappa shape index (κ1) is 15.3. The van der Waals surface area contributed by atoms with Crippen LogP contribution < -0.4 is 11.2 Å². The van der Waals surface area contributed by atoms with E-state index in [1.165, 1.54) is 29.7 Å². The summed E-state index contributed by atoms with van der Waals surface area (Å²) in [4.78, 5) is 38.5. The number of aromatic amines is 2. The van der Waals surface area contributed by atoms with E-state index in [4.69, 9.17) is 0 Å². The molecule has 8 nitrogen and oxygen atoms in total. The van der Waals surface area contributed by atoms with Crippen LogP contribution in [-0.2, 0) is 17.9 Å². The molecule has 1 fully saturated rings. The highest BCUT2D eigenvalue weighted by atomic mass is 16.2. The highest BCUT2D eigenvalue weighted by Crippen LogP contribution is 2.39. The first-order valence-electron chi connectivity index (χ1n) is 7.61. The van der Waals surface area contributed by atoms with Gasteiger partial charge in [0.15, 0.2) is 0 Å². The predicted molar refractivity (Wildman–Crippen MR) is 83.0 cm³/mol. The van der Waals surface area contributed by atoms with Gasteiger partial charge in [0, 0.05) is 38.2 Å². The first-order valence-corrected chi connectivity index (χ1v) is 7.61. The van der Waals surface area contributed by atoms with Gasteiger partial charge in [-0.25, -0.2) is 4.79 Å². The maximum atomic E-state index is 12.2. The Hall–Kier alpha value is -2.64. The minimum absolute atomic E-state index is 0.0781. The largest absolute Gasteiger partial charge is 0.340 e. The van der Waals surface area contributed by atoms with E-state index in [-0.39, 0.29) is 18.9 Å². The van der Waals surface area contributed by atoms with Gasteiger partial charge in [0.25, 0.3) is 5.56 Å². The van der Waals surface area contributed by atoms with Crippen molar-refractivity contribution in [1.29, 1.82) is 0 Å². The van der Waals surface area contributed by atoms with Gasteiger partial charge in [-0.05, 0) is 18.9 Å². The Balaban J connectivity index is 1.54. The summed E-state index contributed by atoms with van der Waals surface area (Å²) in [5.41, 5.74) is 1.03. The standard InChI is InChI=1S/C15H19N5O3/c1-19(9-11-8-12(18-17-11)10-2-3-10)14(22)5-7-20-6-4-13(21)16-15(20)23/h4,6,8,10H,2-3,5,7,9H2,1H3,(H,17,18)(H,16,21,23). The number of H-pyrrole nitrogens is 2. The molecule has 1 saturated carbocycles. The van der Waals surface area contributed by atoms with Crippen molar-refractivity contribution in [3.05, 3.63) is 50.6 Å². The fourth-order valence-corrected chi connectivity index (χ4v) is 2.42. The van der Waals surface area contributed by atoms with Crippen molar-refractivity contribution >= 4 is 5.91 Å². The molecule has 0 spiro atoms. The van der Waals surface area contributed by atoms with Crippen molar-refractivity contribution in [2.24, 2.45) is 0 Å². The van der Waals surface area contributed by atoms with E-state index in [0.717, 1.165) is 11.4 Å². The summed E-state index contributed by atoms with van der Waals surface area (Å²) < 4.78 is 1.31. The summed E-state index contributed by atoms with van der Waals surface area (Å²) >= 11 is 0. The molecule has 2 N–H and O–H groups in total. The van der Waals surface area contributed by atoms with Gasteiger partial charge in [-0.15, -0.1) is 0 Å². The molecule has 8 heteroatoms. The van der Waals surface area contributed by atoms with Gasteiger partial charge in [-0.1, -0.05) is 0 Å². The summed E-state index contributed by atoms with van der Waals surface area (Å²) in [5, 5.41) is 7.23. The fourth-order valence-electron chi connectivity index (χ4n) is 2.42. The van der Waals surface area contributed by atoms with Gasteiger partial charge in [0.1, 0.15) is 0 Å². The van der Waals surface area contributed by atoms with Crippen molar-refractivity contribution in [3.63, 3.8) is 0 Å². The molecule has 122 valence electrons. The second-order valence-electron chi connectivity index (χ2n) is 5.90. The molecule has 0 aromatic carbocycles. The number of rotatable bonds is 6. The lowest BCUT2D eigenvalue weighted by Crippen LogP contribution is -2.32. The van der Waals surface area contributed by atoms with Gasteiger partial charge in [-0.3, -0.25) is 19.7 Å². The minimum Gasteiger partial charge on any atom is -0.340 e. The Bertz CT molecular complexity index is 815. The van der Waals surface area contributed by atoms with Gasteiger partial charge < -0.3 is 9.47 Å². The van der Waals surface area contributed by atoms with E-state index in [2.05, 4.69) is 15.2 Å². The highest BCUT2D eigenvalue weighted by molar-refractivity contribution is 5.75. The number of aromatic nitrogens is 4. The third-order valence-corrected chi connectivity index (χ3v) is 3.94. The van der Waals surface area contributed by atoms with Crippen LogP contribution in [-0.4, -0.2) is 37.6 Å². The van der Waals surface area contributed by atoms with E-state index in [0.29, 0.717) is 12.5 Å². The van der Waals surface area contributed by atoms with E-state index in [9.17, 15) is 14.4 Å².